The van der Waals surface area contributed by atoms with Gasteiger partial charge in [0, 0.05) is 25.8 Å². The molecule has 1 fully saturated rings. The number of rotatable bonds is 2. The van der Waals surface area contributed by atoms with Gasteiger partial charge in [-0.1, -0.05) is 0 Å². The highest BCUT2D eigenvalue weighted by Crippen LogP contribution is 2.31. The van der Waals surface area contributed by atoms with Crippen LogP contribution in [-0.2, 0) is 11.8 Å². The van der Waals surface area contributed by atoms with Crippen molar-refractivity contribution >= 4 is 11.9 Å². The first kappa shape index (κ1) is 12.6. The molecule has 0 saturated carbocycles. The Balaban J connectivity index is 2.18. The third kappa shape index (κ3) is 1.87. The predicted octanol–water partition coefficient (Wildman–Crippen LogP) is 0.665. The Bertz CT molecular complexity index is 509. The van der Waals surface area contributed by atoms with Gasteiger partial charge in [-0.2, -0.15) is 5.10 Å². The van der Waals surface area contributed by atoms with Crippen LogP contribution in [0.5, 0.6) is 0 Å². The number of nitrogens with zero attached hydrogens (tertiary/aromatic N) is 3. The zero-order valence-corrected chi connectivity index (χ0v) is 10.8. The average Bonchev–Trinajstić information content (AvgIpc) is 2.85. The second-order valence-corrected chi connectivity index (χ2v) is 5.11. The van der Waals surface area contributed by atoms with Crippen LogP contribution in [0.1, 0.15) is 29.4 Å². The number of hydrogen-bond donors (Lipinski definition) is 1. The Kier molecular flexibility index (Phi) is 2.88. The fourth-order valence-electron chi connectivity index (χ4n) is 2.19. The number of amides is 1. The molecule has 0 unspecified atom stereocenters. The normalized spacial score (nSPS) is 23.4. The van der Waals surface area contributed by atoms with E-state index in [1.54, 1.807) is 23.6 Å². The number of aliphatic carboxylic acids is 1. The minimum absolute atomic E-state index is 0.134. The van der Waals surface area contributed by atoms with E-state index in [9.17, 15) is 9.59 Å². The van der Waals surface area contributed by atoms with E-state index >= 15 is 0 Å². The van der Waals surface area contributed by atoms with Crippen LogP contribution in [0.4, 0.5) is 0 Å². The molecular formula is C12H17N3O3. The Hall–Kier alpha value is -1.85. The molecule has 1 atom stereocenters. The average molecular weight is 251 g/mol. The SMILES string of the molecule is Cc1c(C(=O)N2CC[C@](C)(C(=O)O)C2)cnn1C. The van der Waals surface area contributed by atoms with E-state index in [1.807, 2.05) is 6.92 Å². The smallest absolute Gasteiger partial charge is 0.311 e. The summed E-state index contributed by atoms with van der Waals surface area (Å²) < 4.78 is 1.64. The number of aryl methyl sites for hydroxylation is 1. The second-order valence-electron chi connectivity index (χ2n) is 5.11. The molecule has 0 radical (unpaired) electrons. The fraction of sp³-hybridized carbons (Fsp3) is 0.583. The monoisotopic (exact) mass is 251 g/mol. The molecule has 0 bridgehead atoms. The van der Waals surface area contributed by atoms with E-state index in [4.69, 9.17) is 5.11 Å². The Morgan fingerprint density at radius 2 is 2.17 bits per heavy atom. The Labute approximate surface area is 105 Å². The lowest BCUT2D eigenvalue weighted by Gasteiger charge is -2.20. The molecule has 1 aliphatic rings. The van der Waals surface area contributed by atoms with E-state index in [0.717, 1.165) is 5.69 Å². The lowest BCUT2D eigenvalue weighted by atomic mass is 9.90. The fourth-order valence-corrected chi connectivity index (χ4v) is 2.19. The van der Waals surface area contributed by atoms with Gasteiger partial charge in [0.1, 0.15) is 0 Å². The van der Waals surface area contributed by atoms with Crippen molar-refractivity contribution < 1.29 is 14.7 Å². The van der Waals surface area contributed by atoms with Crippen LogP contribution in [0.2, 0.25) is 0 Å². The highest BCUT2D eigenvalue weighted by atomic mass is 16.4. The van der Waals surface area contributed by atoms with Crippen molar-refractivity contribution in [3.8, 4) is 0 Å². The molecule has 1 saturated heterocycles. The standard InChI is InChI=1S/C12H17N3O3/c1-8-9(6-13-14(8)3)10(16)15-5-4-12(2,7-15)11(17)18/h6H,4-5,7H2,1-3H3,(H,17,18)/t12-/m0/s1. The van der Waals surface area contributed by atoms with E-state index < -0.39 is 11.4 Å². The van der Waals surface area contributed by atoms with Crippen molar-refractivity contribution in [2.24, 2.45) is 12.5 Å². The van der Waals surface area contributed by atoms with Crippen LogP contribution in [0.25, 0.3) is 0 Å². The summed E-state index contributed by atoms with van der Waals surface area (Å²) in [7, 11) is 1.78. The lowest BCUT2D eigenvalue weighted by molar-refractivity contribution is -0.147. The minimum atomic E-state index is -0.847. The van der Waals surface area contributed by atoms with E-state index in [-0.39, 0.29) is 12.5 Å². The van der Waals surface area contributed by atoms with E-state index in [1.165, 1.54) is 6.20 Å². The van der Waals surface area contributed by atoms with Gasteiger partial charge in [-0.25, -0.2) is 0 Å². The van der Waals surface area contributed by atoms with Crippen LogP contribution < -0.4 is 0 Å². The summed E-state index contributed by atoms with van der Waals surface area (Å²) in [5, 5.41) is 13.2. The largest absolute Gasteiger partial charge is 0.481 e. The molecule has 0 aromatic carbocycles. The van der Waals surface area contributed by atoms with Crippen molar-refractivity contribution in [2.75, 3.05) is 13.1 Å². The summed E-state index contributed by atoms with van der Waals surface area (Å²) in [4.78, 5) is 25.0. The molecule has 6 nitrogen and oxygen atoms in total. The number of carboxylic acid groups (broad SMARTS) is 1. The first-order valence-electron chi connectivity index (χ1n) is 5.86. The van der Waals surface area contributed by atoms with Crippen molar-refractivity contribution in [1.82, 2.24) is 14.7 Å². The number of likely N-dealkylation sites (tertiary alicyclic amines) is 1. The molecule has 98 valence electrons. The predicted molar refractivity (Wildman–Crippen MR) is 64.2 cm³/mol. The first-order valence-corrected chi connectivity index (χ1v) is 5.86. The van der Waals surface area contributed by atoms with Gasteiger partial charge >= 0.3 is 5.97 Å². The molecule has 18 heavy (non-hydrogen) atoms. The van der Waals surface area contributed by atoms with Gasteiger partial charge in [0.05, 0.1) is 17.2 Å². The van der Waals surface area contributed by atoms with Crippen molar-refractivity contribution in [2.45, 2.75) is 20.3 Å². The highest BCUT2D eigenvalue weighted by molar-refractivity contribution is 5.95. The number of hydrogen-bond acceptors (Lipinski definition) is 3. The molecule has 2 heterocycles. The van der Waals surface area contributed by atoms with E-state index in [2.05, 4.69) is 5.10 Å². The third-order valence-corrected chi connectivity index (χ3v) is 3.74. The van der Waals surface area contributed by atoms with Gasteiger partial charge in [0.25, 0.3) is 5.91 Å². The first-order chi connectivity index (χ1) is 8.35. The summed E-state index contributed by atoms with van der Waals surface area (Å²) in [5.74, 6) is -0.980. The summed E-state index contributed by atoms with van der Waals surface area (Å²) in [5.41, 5.74) is 0.516. The van der Waals surface area contributed by atoms with Gasteiger partial charge < -0.3 is 10.0 Å². The molecular weight excluding hydrogens is 234 g/mol. The van der Waals surface area contributed by atoms with Crippen LogP contribution in [0, 0.1) is 12.3 Å². The van der Waals surface area contributed by atoms with Crippen LogP contribution in [-0.4, -0.2) is 44.8 Å². The van der Waals surface area contributed by atoms with Gasteiger partial charge in [0.2, 0.25) is 0 Å². The molecule has 6 heteroatoms. The minimum Gasteiger partial charge on any atom is -0.481 e. The van der Waals surface area contributed by atoms with Crippen molar-refractivity contribution in [1.29, 1.82) is 0 Å². The molecule has 0 spiro atoms. The summed E-state index contributed by atoms with van der Waals surface area (Å²) in [6, 6.07) is 0. The summed E-state index contributed by atoms with van der Waals surface area (Å²) in [6.07, 6.45) is 2.03. The number of carbonyl (C=O) groups is 2. The molecule has 1 N–H and O–H groups in total. The maximum Gasteiger partial charge on any atom is 0.311 e. The highest BCUT2D eigenvalue weighted by Gasteiger charge is 2.42. The maximum atomic E-state index is 12.3. The Morgan fingerprint density at radius 1 is 1.50 bits per heavy atom. The summed E-state index contributed by atoms with van der Waals surface area (Å²) >= 11 is 0. The molecule has 1 amide bonds. The number of carboxylic acids is 1. The molecule has 2 rings (SSSR count). The molecule has 1 aromatic heterocycles. The second kappa shape index (κ2) is 4.12. The lowest BCUT2D eigenvalue weighted by Crippen LogP contribution is -2.35. The number of aromatic nitrogens is 2. The van der Waals surface area contributed by atoms with Gasteiger partial charge in [-0.05, 0) is 20.3 Å². The third-order valence-electron chi connectivity index (χ3n) is 3.74. The van der Waals surface area contributed by atoms with Crippen LogP contribution in [0.3, 0.4) is 0 Å². The van der Waals surface area contributed by atoms with E-state index in [0.29, 0.717) is 18.5 Å². The zero-order valence-electron chi connectivity index (χ0n) is 10.8. The number of carbonyl (C=O) groups excluding carboxylic acids is 1. The van der Waals surface area contributed by atoms with Crippen molar-refractivity contribution in [3.63, 3.8) is 0 Å². The zero-order chi connectivity index (χ0) is 13.5. The molecule has 1 aliphatic heterocycles. The Morgan fingerprint density at radius 3 is 2.61 bits per heavy atom. The van der Waals surface area contributed by atoms with Gasteiger partial charge in [-0.15, -0.1) is 0 Å². The van der Waals surface area contributed by atoms with Gasteiger partial charge in [0.15, 0.2) is 0 Å². The quantitative estimate of drug-likeness (QED) is 0.838. The molecule has 0 aliphatic carbocycles. The maximum absolute atomic E-state index is 12.3. The molecule has 1 aromatic rings. The van der Waals surface area contributed by atoms with Crippen LogP contribution >= 0.6 is 0 Å². The van der Waals surface area contributed by atoms with Crippen molar-refractivity contribution in [3.05, 3.63) is 17.5 Å². The van der Waals surface area contributed by atoms with Gasteiger partial charge in [-0.3, -0.25) is 14.3 Å². The van der Waals surface area contributed by atoms with Crippen LogP contribution in [0.15, 0.2) is 6.20 Å². The summed E-state index contributed by atoms with van der Waals surface area (Å²) in [6.45, 7) is 4.25. The topological polar surface area (TPSA) is 75.4 Å².